The molecule has 2 aromatic rings. The molecule has 1 N–H and O–H groups in total. The Kier molecular flexibility index (Phi) is 4.50. The van der Waals surface area contributed by atoms with Gasteiger partial charge < -0.3 is 4.98 Å². The number of aromatic amines is 1. The second-order valence-corrected chi connectivity index (χ2v) is 6.04. The van der Waals surface area contributed by atoms with Crippen molar-refractivity contribution in [1.29, 1.82) is 0 Å². The van der Waals surface area contributed by atoms with Gasteiger partial charge in [0.25, 0.3) is 5.56 Å². The number of fused-ring (bicyclic) bond motifs is 1. The Bertz CT molecular complexity index is 678. The maximum absolute atomic E-state index is 12.2. The fraction of sp³-hybridized carbons (Fsp3) is 0.333. The van der Waals surface area contributed by atoms with Gasteiger partial charge in [-0.25, -0.2) is 4.79 Å². The number of rotatable bonds is 4. The SMILES string of the molecule is CSCCCn1c(=O)[nH]c2c(I)cccc2c1=O. The average Bonchev–Trinajstić information content (AvgIpc) is 2.35. The third-order valence-corrected chi connectivity index (χ3v) is 4.29. The summed E-state index contributed by atoms with van der Waals surface area (Å²) in [6.45, 7) is 0.469. The second kappa shape index (κ2) is 5.92. The van der Waals surface area contributed by atoms with E-state index in [4.69, 9.17) is 0 Å². The van der Waals surface area contributed by atoms with E-state index in [1.165, 1.54) is 4.57 Å². The lowest BCUT2D eigenvalue weighted by Gasteiger charge is -2.06. The summed E-state index contributed by atoms with van der Waals surface area (Å²) in [4.78, 5) is 26.9. The molecule has 6 heteroatoms. The number of H-pyrrole nitrogens is 1. The molecule has 0 spiro atoms. The summed E-state index contributed by atoms with van der Waals surface area (Å²) in [7, 11) is 0. The predicted octanol–water partition coefficient (Wildman–Crippen LogP) is 2.05. The van der Waals surface area contributed by atoms with Gasteiger partial charge in [-0.05, 0) is 53.2 Å². The molecule has 0 amide bonds. The topological polar surface area (TPSA) is 54.9 Å². The maximum Gasteiger partial charge on any atom is 0.328 e. The zero-order chi connectivity index (χ0) is 13.1. The van der Waals surface area contributed by atoms with Gasteiger partial charge in [0.2, 0.25) is 0 Å². The standard InChI is InChI=1S/C12H13IN2O2S/c1-18-7-3-6-15-11(16)8-4-2-5-9(13)10(8)14-12(15)17/h2,4-5H,3,6-7H2,1H3,(H,14,17). The number of halogens is 1. The summed E-state index contributed by atoms with van der Waals surface area (Å²) in [5, 5.41) is 0.575. The fourth-order valence-corrected chi connectivity index (χ4v) is 2.86. The third kappa shape index (κ3) is 2.64. The lowest BCUT2D eigenvalue weighted by Crippen LogP contribution is -2.35. The molecule has 0 saturated carbocycles. The van der Waals surface area contributed by atoms with Crippen molar-refractivity contribution in [2.75, 3.05) is 12.0 Å². The summed E-state index contributed by atoms with van der Waals surface area (Å²) in [5.74, 6) is 0.941. The molecular weight excluding hydrogens is 363 g/mol. The number of hydrogen-bond acceptors (Lipinski definition) is 3. The highest BCUT2D eigenvalue weighted by molar-refractivity contribution is 14.1. The Morgan fingerprint density at radius 2 is 2.17 bits per heavy atom. The number of hydrogen-bond donors (Lipinski definition) is 1. The zero-order valence-electron chi connectivity index (χ0n) is 9.90. The van der Waals surface area contributed by atoms with Crippen LogP contribution in [-0.4, -0.2) is 21.6 Å². The first-order valence-electron chi connectivity index (χ1n) is 5.55. The Hall–Kier alpha value is -0.760. The maximum atomic E-state index is 12.2. The van der Waals surface area contributed by atoms with E-state index in [2.05, 4.69) is 27.6 Å². The van der Waals surface area contributed by atoms with E-state index >= 15 is 0 Å². The van der Waals surface area contributed by atoms with E-state index in [1.807, 2.05) is 18.4 Å². The van der Waals surface area contributed by atoms with Crippen molar-refractivity contribution in [3.63, 3.8) is 0 Å². The molecule has 18 heavy (non-hydrogen) atoms. The van der Waals surface area contributed by atoms with Crippen LogP contribution in [0.4, 0.5) is 0 Å². The number of benzene rings is 1. The lowest BCUT2D eigenvalue weighted by molar-refractivity contribution is 0.627. The van der Waals surface area contributed by atoms with Crippen LogP contribution in [0.15, 0.2) is 27.8 Å². The second-order valence-electron chi connectivity index (χ2n) is 3.90. The molecule has 0 aliphatic rings. The van der Waals surface area contributed by atoms with Crippen LogP contribution in [0, 0.1) is 3.57 Å². The summed E-state index contributed by atoms with van der Waals surface area (Å²) in [6.07, 6.45) is 2.83. The van der Waals surface area contributed by atoms with Crippen molar-refractivity contribution >= 4 is 45.3 Å². The van der Waals surface area contributed by atoms with Gasteiger partial charge in [0.1, 0.15) is 0 Å². The number of nitrogens with zero attached hydrogens (tertiary/aromatic N) is 1. The Morgan fingerprint density at radius 1 is 1.39 bits per heavy atom. The van der Waals surface area contributed by atoms with E-state index in [0.717, 1.165) is 15.7 Å². The largest absolute Gasteiger partial charge is 0.328 e. The molecule has 1 aromatic heterocycles. The van der Waals surface area contributed by atoms with Gasteiger partial charge in [-0.2, -0.15) is 11.8 Å². The van der Waals surface area contributed by atoms with Gasteiger partial charge in [-0.3, -0.25) is 9.36 Å². The van der Waals surface area contributed by atoms with Gasteiger partial charge in [0, 0.05) is 10.1 Å². The van der Waals surface area contributed by atoms with E-state index in [1.54, 1.807) is 17.8 Å². The number of thioether (sulfide) groups is 1. The highest BCUT2D eigenvalue weighted by Gasteiger charge is 2.08. The van der Waals surface area contributed by atoms with Crippen LogP contribution in [0.2, 0.25) is 0 Å². The summed E-state index contributed by atoms with van der Waals surface area (Å²) >= 11 is 3.83. The van der Waals surface area contributed by atoms with E-state index in [9.17, 15) is 9.59 Å². The van der Waals surface area contributed by atoms with E-state index < -0.39 is 0 Å². The van der Waals surface area contributed by atoms with Crippen LogP contribution in [0.1, 0.15) is 6.42 Å². The molecule has 0 unspecified atom stereocenters. The van der Waals surface area contributed by atoms with Crippen LogP contribution >= 0.6 is 34.4 Å². The normalized spacial score (nSPS) is 11.0. The molecule has 0 fully saturated rings. The molecule has 0 atom stereocenters. The molecule has 4 nitrogen and oxygen atoms in total. The highest BCUT2D eigenvalue weighted by atomic mass is 127. The van der Waals surface area contributed by atoms with Gasteiger partial charge in [0.15, 0.2) is 0 Å². The van der Waals surface area contributed by atoms with E-state index in [-0.39, 0.29) is 11.2 Å². The Labute approximate surface area is 122 Å². The minimum Gasteiger partial charge on any atom is -0.306 e. The molecule has 1 heterocycles. The summed E-state index contributed by atoms with van der Waals surface area (Å²) in [5.41, 5.74) is 0.111. The summed E-state index contributed by atoms with van der Waals surface area (Å²) in [6, 6.07) is 5.45. The first-order valence-corrected chi connectivity index (χ1v) is 8.02. The first kappa shape index (κ1) is 13.7. The van der Waals surface area contributed by atoms with Crippen molar-refractivity contribution in [2.45, 2.75) is 13.0 Å². The minimum absolute atomic E-state index is 0.201. The van der Waals surface area contributed by atoms with E-state index in [0.29, 0.717) is 17.4 Å². The molecule has 0 aliphatic heterocycles. The molecule has 96 valence electrons. The monoisotopic (exact) mass is 376 g/mol. The van der Waals surface area contributed by atoms with Gasteiger partial charge in [-0.1, -0.05) is 6.07 Å². The van der Waals surface area contributed by atoms with Crippen LogP contribution in [0.25, 0.3) is 10.9 Å². The average molecular weight is 376 g/mol. The lowest BCUT2D eigenvalue weighted by atomic mass is 10.2. The number of nitrogens with one attached hydrogen (secondary N) is 1. The van der Waals surface area contributed by atoms with Crippen LogP contribution in [-0.2, 0) is 6.54 Å². The molecule has 0 aliphatic carbocycles. The van der Waals surface area contributed by atoms with Crippen LogP contribution in [0.3, 0.4) is 0 Å². The van der Waals surface area contributed by atoms with Crippen molar-refractivity contribution < 1.29 is 0 Å². The molecule has 0 saturated heterocycles. The van der Waals surface area contributed by atoms with Crippen LogP contribution < -0.4 is 11.2 Å². The number of aromatic nitrogens is 2. The zero-order valence-corrected chi connectivity index (χ0v) is 12.9. The number of para-hydroxylation sites is 1. The van der Waals surface area contributed by atoms with Gasteiger partial charge >= 0.3 is 5.69 Å². The van der Waals surface area contributed by atoms with Crippen molar-refractivity contribution in [1.82, 2.24) is 9.55 Å². The quantitative estimate of drug-likeness (QED) is 0.657. The van der Waals surface area contributed by atoms with Crippen LogP contribution in [0.5, 0.6) is 0 Å². The fourth-order valence-electron chi connectivity index (χ4n) is 1.81. The van der Waals surface area contributed by atoms with Gasteiger partial charge in [0.05, 0.1) is 10.9 Å². The molecule has 1 aromatic carbocycles. The Balaban J connectivity index is 2.56. The van der Waals surface area contributed by atoms with Crippen molar-refractivity contribution in [3.8, 4) is 0 Å². The predicted molar refractivity (Wildman–Crippen MR) is 84.5 cm³/mol. The molecule has 0 bridgehead atoms. The summed E-state index contributed by atoms with van der Waals surface area (Å²) < 4.78 is 2.17. The van der Waals surface area contributed by atoms with Crippen molar-refractivity contribution in [3.05, 3.63) is 42.6 Å². The molecule has 0 radical (unpaired) electrons. The molecule has 2 rings (SSSR count). The Morgan fingerprint density at radius 3 is 2.89 bits per heavy atom. The molecular formula is C12H13IN2O2S. The first-order chi connectivity index (χ1) is 8.65. The van der Waals surface area contributed by atoms with Crippen molar-refractivity contribution in [2.24, 2.45) is 0 Å². The third-order valence-electron chi connectivity index (χ3n) is 2.70. The smallest absolute Gasteiger partial charge is 0.306 e. The minimum atomic E-state index is -0.322. The highest BCUT2D eigenvalue weighted by Crippen LogP contribution is 2.13. The van der Waals surface area contributed by atoms with Gasteiger partial charge in [-0.15, -0.1) is 0 Å².